The minimum Gasteiger partial charge on any atom is -0.377 e. The van der Waals surface area contributed by atoms with Crippen molar-refractivity contribution in [2.75, 3.05) is 5.32 Å². The fourth-order valence-electron chi connectivity index (χ4n) is 2.50. The molecule has 0 saturated heterocycles. The number of ketones is 1. The average molecular weight is 237 g/mol. The first-order valence-electron chi connectivity index (χ1n) is 6.21. The highest BCUT2D eigenvalue weighted by molar-refractivity contribution is 6.21. The van der Waals surface area contributed by atoms with Gasteiger partial charge in [0.05, 0.1) is 6.04 Å². The zero-order valence-electron chi connectivity index (χ0n) is 10.3. The van der Waals surface area contributed by atoms with E-state index in [2.05, 4.69) is 23.5 Å². The fraction of sp³-hybridized carbons (Fsp3) is 0.188. The first-order chi connectivity index (χ1) is 8.75. The number of nitrogens with one attached hydrogen (secondary N) is 1. The van der Waals surface area contributed by atoms with Crippen molar-refractivity contribution < 1.29 is 4.79 Å². The van der Waals surface area contributed by atoms with E-state index in [4.69, 9.17) is 0 Å². The number of benzene rings is 1. The van der Waals surface area contributed by atoms with Crippen LogP contribution in [-0.2, 0) is 4.79 Å². The minimum atomic E-state index is 0.111. The van der Waals surface area contributed by atoms with E-state index < -0.39 is 0 Å². The van der Waals surface area contributed by atoms with Crippen molar-refractivity contribution in [3.63, 3.8) is 0 Å². The van der Waals surface area contributed by atoms with Gasteiger partial charge in [-0.2, -0.15) is 0 Å². The highest BCUT2D eigenvalue weighted by atomic mass is 16.1. The number of carbonyl (C=O) groups is 1. The van der Waals surface area contributed by atoms with Gasteiger partial charge in [-0.05, 0) is 31.1 Å². The van der Waals surface area contributed by atoms with E-state index in [-0.39, 0.29) is 11.8 Å². The van der Waals surface area contributed by atoms with Crippen molar-refractivity contribution in [2.24, 2.45) is 0 Å². The number of rotatable bonds is 1. The van der Waals surface area contributed by atoms with Crippen LogP contribution in [0.15, 0.2) is 54.1 Å². The van der Waals surface area contributed by atoms with Gasteiger partial charge >= 0.3 is 0 Å². The van der Waals surface area contributed by atoms with Crippen LogP contribution in [0.1, 0.15) is 18.9 Å². The lowest BCUT2D eigenvalue weighted by Crippen LogP contribution is -2.21. The lowest BCUT2D eigenvalue weighted by atomic mass is 9.96. The largest absolute Gasteiger partial charge is 0.377 e. The summed E-state index contributed by atoms with van der Waals surface area (Å²) in [4.78, 5) is 11.8. The maximum absolute atomic E-state index is 11.8. The summed E-state index contributed by atoms with van der Waals surface area (Å²) in [5.74, 6) is 0.111. The van der Waals surface area contributed by atoms with Crippen LogP contribution in [0.3, 0.4) is 0 Å². The molecule has 2 heteroatoms. The van der Waals surface area contributed by atoms with Crippen molar-refractivity contribution in [3.8, 4) is 0 Å². The molecule has 1 N–H and O–H groups in total. The van der Waals surface area contributed by atoms with Gasteiger partial charge in [0, 0.05) is 16.8 Å². The molecule has 1 aromatic carbocycles. The Hall–Kier alpha value is -2.09. The molecule has 1 unspecified atom stereocenters. The zero-order valence-corrected chi connectivity index (χ0v) is 10.3. The summed E-state index contributed by atoms with van der Waals surface area (Å²) in [6.45, 7) is 1.63. The zero-order chi connectivity index (χ0) is 12.5. The van der Waals surface area contributed by atoms with E-state index in [1.807, 2.05) is 30.3 Å². The fourth-order valence-corrected chi connectivity index (χ4v) is 2.50. The van der Waals surface area contributed by atoms with Gasteiger partial charge in [-0.3, -0.25) is 4.79 Å². The Bertz CT molecular complexity index is 593. The maximum atomic E-state index is 11.8. The van der Waals surface area contributed by atoms with Crippen LogP contribution in [0.4, 0.5) is 5.69 Å². The monoisotopic (exact) mass is 237 g/mol. The summed E-state index contributed by atoms with van der Waals surface area (Å²) in [5, 5.41) is 3.52. The van der Waals surface area contributed by atoms with Crippen LogP contribution >= 0.6 is 0 Å². The summed E-state index contributed by atoms with van der Waals surface area (Å²) < 4.78 is 0. The Morgan fingerprint density at radius 3 is 3.00 bits per heavy atom. The van der Waals surface area contributed by atoms with Crippen molar-refractivity contribution in [1.29, 1.82) is 0 Å². The van der Waals surface area contributed by atoms with Gasteiger partial charge in [0.1, 0.15) is 0 Å². The minimum absolute atomic E-state index is 0.111. The quantitative estimate of drug-likeness (QED) is 0.811. The Kier molecular flexibility index (Phi) is 2.63. The molecule has 1 heterocycles. The molecule has 18 heavy (non-hydrogen) atoms. The van der Waals surface area contributed by atoms with Gasteiger partial charge in [0.2, 0.25) is 0 Å². The molecular formula is C16H15NO. The molecule has 2 nitrogen and oxygen atoms in total. The van der Waals surface area contributed by atoms with Gasteiger partial charge in [0.15, 0.2) is 5.78 Å². The molecule has 0 amide bonds. The van der Waals surface area contributed by atoms with Gasteiger partial charge in [-0.1, -0.05) is 36.4 Å². The van der Waals surface area contributed by atoms with Crippen molar-refractivity contribution in [2.45, 2.75) is 19.4 Å². The molecule has 2 aliphatic rings. The average Bonchev–Trinajstić information content (AvgIpc) is 2.55. The third kappa shape index (κ3) is 1.80. The standard InChI is InChI=1S/C16H15NO/c1-11(18)14-10-12-6-2-4-8-15(12)17-16-9-5-3-7-13(14)16/h2-7,9-10,15,17H,8H2,1H3. The molecule has 1 atom stereocenters. The molecule has 0 radical (unpaired) electrons. The van der Waals surface area contributed by atoms with E-state index in [0.717, 1.165) is 23.2 Å². The normalized spacial score (nSPS) is 20.8. The lowest BCUT2D eigenvalue weighted by molar-refractivity contribution is -0.111. The van der Waals surface area contributed by atoms with Gasteiger partial charge in [-0.15, -0.1) is 0 Å². The maximum Gasteiger partial charge on any atom is 0.160 e. The van der Waals surface area contributed by atoms with Crippen LogP contribution < -0.4 is 5.32 Å². The van der Waals surface area contributed by atoms with Crippen LogP contribution in [0, 0.1) is 0 Å². The topological polar surface area (TPSA) is 29.1 Å². The summed E-state index contributed by atoms with van der Waals surface area (Å²) in [5.41, 5.74) is 4.02. The van der Waals surface area contributed by atoms with Crippen LogP contribution in [0.25, 0.3) is 5.57 Å². The first-order valence-corrected chi connectivity index (χ1v) is 6.21. The van der Waals surface area contributed by atoms with Gasteiger partial charge in [-0.25, -0.2) is 0 Å². The van der Waals surface area contributed by atoms with Crippen LogP contribution in [0.2, 0.25) is 0 Å². The Morgan fingerprint density at radius 2 is 2.17 bits per heavy atom. The van der Waals surface area contributed by atoms with Gasteiger partial charge < -0.3 is 5.32 Å². The predicted octanol–water partition coefficient (Wildman–Crippen LogP) is 3.34. The van der Waals surface area contributed by atoms with Crippen molar-refractivity contribution in [3.05, 3.63) is 59.7 Å². The summed E-state index contributed by atoms with van der Waals surface area (Å²) >= 11 is 0. The van der Waals surface area contributed by atoms with Crippen LogP contribution in [-0.4, -0.2) is 11.8 Å². The highest BCUT2D eigenvalue weighted by Gasteiger charge is 2.22. The molecule has 90 valence electrons. The predicted molar refractivity (Wildman–Crippen MR) is 74.4 cm³/mol. The second-order valence-corrected chi connectivity index (χ2v) is 4.69. The number of anilines is 1. The number of fused-ring (bicyclic) bond motifs is 2. The number of allylic oxidation sites excluding steroid dienone is 3. The number of carbonyl (C=O) groups excluding carboxylic acids is 1. The molecule has 1 aromatic rings. The molecular weight excluding hydrogens is 222 g/mol. The number of Topliss-reactive ketones (excluding diaryl/α,β-unsaturated/α-hetero) is 1. The number of hydrogen-bond acceptors (Lipinski definition) is 2. The third-order valence-corrected chi connectivity index (χ3v) is 3.44. The second-order valence-electron chi connectivity index (χ2n) is 4.69. The molecule has 0 spiro atoms. The van der Waals surface area contributed by atoms with E-state index in [9.17, 15) is 4.79 Å². The molecule has 1 aliphatic heterocycles. The molecule has 0 saturated carbocycles. The van der Waals surface area contributed by atoms with E-state index >= 15 is 0 Å². The molecule has 1 aliphatic carbocycles. The Balaban J connectivity index is 2.19. The summed E-state index contributed by atoms with van der Waals surface area (Å²) in [6.07, 6.45) is 9.27. The van der Waals surface area contributed by atoms with E-state index in [1.165, 1.54) is 5.57 Å². The molecule has 3 rings (SSSR count). The first kappa shape index (κ1) is 11.0. The summed E-state index contributed by atoms with van der Waals surface area (Å²) in [6, 6.07) is 8.28. The number of hydrogen-bond donors (Lipinski definition) is 1. The number of para-hydroxylation sites is 1. The van der Waals surface area contributed by atoms with E-state index in [1.54, 1.807) is 6.92 Å². The molecule has 0 aromatic heterocycles. The highest BCUT2D eigenvalue weighted by Crippen LogP contribution is 2.33. The van der Waals surface area contributed by atoms with Crippen molar-refractivity contribution in [1.82, 2.24) is 0 Å². The summed E-state index contributed by atoms with van der Waals surface area (Å²) in [7, 11) is 0. The van der Waals surface area contributed by atoms with Crippen LogP contribution in [0.5, 0.6) is 0 Å². The SMILES string of the molecule is CC(=O)C1=CC2=CC=CCC2Nc2ccccc21. The molecule has 0 fully saturated rings. The Morgan fingerprint density at radius 1 is 1.33 bits per heavy atom. The van der Waals surface area contributed by atoms with Crippen molar-refractivity contribution >= 4 is 17.0 Å². The third-order valence-electron chi connectivity index (χ3n) is 3.44. The van der Waals surface area contributed by atoms with E-state index in [0.29, 0.717) is 0 Å². The Labute approximate surface area is 107 Å². The molecule has 0 bridgehead atoms. The lowest BCUT2D eigenvalue weighted by Gasteiger charge is -2.20. The second kappa shape index (κ2) is 4.30. The van der Waals surface area contributed by atoms with Gasteiger partial charge in [0.25, 0.3) is 0 Å². The smallest absolute Gasteiger partial charge is 0.160 e.